The minimum Gasteiger partial charge on any atom is -0.372 e. The van der Waals surface area contributed by atoms with Gasteiger partial charge in [-0.1, -0.05) is 20.3 Å². The second kappa shape index (κ2) is 4.82. The molecule has 0 saturated heterocycles. The van der Waals surface area contributed by atoms with Gasteiger partial charge in [-0.2, -0.15) is 0 Å². The van der Waals surface area contributed by atoms with Crippen molar-refractivity contribution in [2.45, 2.75) is 31.2 Å². The van der Waals surface area contributed by atoms with Crippen LogP contribution in [0, 0.1) is 5.92 Å². The largest absolute Gasteiger partial charge is 0.372 e. The Morgan fingerprint density at radius 1 is 1.37 bits per heavy atom. The van der Waals surface area contributed by atoms with Gasteiger partial charge in [0, 0.05) is 0 Å². The molecule has 2 rings (SSSR count). The number of rotatable bonds is 3. The van der Waals surface area contributed by atoms with E-state index in [4.69, 9.17) is 5.14 Å². The SMILES string of the molecule is CCC(C)C1Nc2ccc(S(N)(=O)=O)cc2NC1=O. The summed E-state index contributed by atoms with van der Waals surface area (Å²) in [5.41, 5.74) is 1.15. The number of sulfonamides is 1. The summed E-state index contributed by atoms with van der Waals surface area (Å²) >= 11 is 0. The second-order valence-corrected chi connectivity index (χ2v) is 6.31. The minimum absolute atomic E-state index is 0.0182. The van der Waals surface area contributed by atoms with Gasteiger partial charge in [-0.05, 0) is 24.1 Å². The molecule has 0 fully saturated rings. The lowest BCUT2D eigenvalue weighted by molar-refractivity contribution is -0.118. The van der Waals surface area contributed by atoms with Gasteiger partial charge in [0.15, 0.2) is 0 Å². The van der Waals surface area contributed by atoms with Crippen LogP contribution in [-0.4, -0.2) is 20.4 Å². The van der Waals surface area contributed by atoms with Gasteiger partial charge < -0.3 is 10.6 Å². The monoisotopic (exact) mass is 283 g/mol. The maximum absolute atomic E-state index is 12.0. The molecule has 0 aliphatic carbocycles. The molecule has 19 heavy (non-hydrogen) atoms. The fraction of sp³-hybridized carbons (Fsp3) is 0.417. The Hall–Kier alpha value is -1.60. The Morgan fingerprint density at radius 3 is 2.63 bits per heavy atom. The molecule has 4 N–H and O–H groups in total. The quantitative estimate of drug-likeness (QED) is 0.773. The highest BCUT2D eigenvalue weighted by molar-refractivity contribution is 7.89. The number of carbonyl (C=O) groups excluding carboxylic acids is 1. The summed E-state index contributed by atoms with van der Waals surface area (Å²) in [4.78, 5) is 11.9. The Balaban J connectivity index is 2.36. The molecule has 1 aliphatic heterocycles. The number of amides is 1. The number of nitrogens with two attached hydrogens (primary N) is 1. The number of fused-ring (bicyclic) bond motifs is 1. The highest BCUT2D eigenvalue weighted by Gasteiger charge is 2.29. The molecule has 2 unspecified atom stereocenters. The van der Waals surface area contributed by atoms with Crippen LogP contribution in [0.1, 0.15) is 20.3 Å². The van der Waals surface area contributed by atoms with Crippen molar-refractivity contribution in [2.24, 2.45) is 11.1 Å². The molecule has 1 aromatic rings. The maximum atomic E-state index is 12.0. The van der Waals surface area contributed by atoms with Crippen molar-refractivity contribution < 1.29 is 13.2 Å². The van der Waals surface area contributed by atoms with E-state index >= 15 is 0 Å². The molecule has 104 valence electrons. The lowest BCUT2D eigenvalue weighted by atomic mass is 9.96. The van der Waals surface area contributed by atoms with E-state index in [9.17, 15) is 13.2 Å². The van der Waals surface area contributed by atoms with Gasteiger partial charge in [0.25, 0.3) is 0 Å². The van der Waals surface area contributed by atoms with Crippen LogP contribution in [0.3, 0.4) is 0 Å². The van der Waals surface area contributed by atoms with Crippen LogP contribution < -0.4 is 15.8 Å². The molecule has 0 aromatic heterocycles. The summed E-state index contributed by atoms with van der Waals surface area (Å²) in [7, 11) is -3.77. The Morgan fingerprint density at radius 2 is 2.05 bits per heavy atom. The van der Waals surface area contributed by atoms with E-state index in [-0.39, 0.29) is 22.8 Å². The molecule has 0 spiro atoms. The predicted octanol–water partition coefficient (Wildman–Crippen LogP) is 1.11. The van der Waals surface area contributed by atoms with Crippen molar-refractivity contribution in [1.82, 2.24) is 0 Å². The summed E-state index contributed by atoms with van der Waals surface area (Å²) in [6.07, 6.45) is 0.871. The molecule has 6 nitrogen and oxygen atoms in total. The molecule has 0 radical (unpaired) electrons. The van der Waals surface area contributed by atoms with Crippen molar-refractivity contribution in [1.29, 1.82) is 0 Å². The highest BCUT2D eigenvalue weighted by atomic mass is 32.2. The van der Waals surface area contributed by atoms with Gasteiger partial charge in [0.2, 0.25) is 15.9 Å². The van der Waals surface area contributed by atoms with Crippen LogP contribution in [0.15, 0.2) is 23.1 Å². The smallest absolute Gasteiger partial charge is 0.247 e. The summed E-state index contributed by atoms with van der Waals surface area (Å²) in [6, 6.07) is 4.09. The van der Waals surface area contributed by atoms with Crippen molar-refractivity contribution >= 4 is 27.3 Å². The van der Waals surface area contributed by atoms with Crippen LogP contribution in [-0.2, 0) is 14.8 Å². The van der Waals surface area contributed by atoms with Crippen molar-refractivity contribution in [3.63, 3.8) is 0 Å². The van der Waals surface area contributed by atoms with Gasteiger partial charge in [0.1, 0.15) is 6.04 Å². The van der Waals surface area contributed by atoms with Crippen LogP contribution in [0.2, 0.25) is 0 Å². The summed E-state index contributed by atoms with van der Waals surface area (Å²) < 4.78 is 22.5. The number of anilines is 2. The average molecular weight is 283 g/mol. The Labute approximate surface area is 112 Å². The van der Waals surface area contributed by atoms with E-state index in [1.807, 2.05) is 13.8 Å². The third-order valence-electron chi connectivity index (χ3n) is 3.38. The minimum atomic E-state index is -3.77. The number of carbonyl (C=O) groups is 1. The van der Waals surface area contributed by atoms with E-state index in [1.54, 1.807) is 6.07 Å². The standard InChI is InChI=1S/C12H17N3O3S/c1-3-7(2)11-12(16)15-10-6-8(19(13,17)18)4-5-9(10)14-11/h4-7,11,14H,3H2,1-2H3,(H,15,16)(H2,13,17,18). The molecule has 1 aromatic carbocycles. The second-order valence-electron chi connectivity index (χ2n) is 4.75. The molecule has 7 heteroatoms. The van der Waals surface area contributed by atoms with Crippen molar-refractivity contribution in [3.05, 3.63) is 18.2 Å². The number of primary sulfonamides is 1. The number of nitrogens with one attached hydrogen (secondary N) is 2. The van der Waals surface area contributed by atoms with E-state index in [1.165, 1.54) is 12.1 Å². The average Bonchev–Trinajstić information content (AvgIpc) is 2.35. The number of hydrogen-bond acceptors (Lipinski definition) is 4. The normalized spacial score (nSPS) is 20.2. The molecule has 0 bridgehead atoms. The lowest BCUT2D eigenvalue weighted by Crippen LogP contribution is -2.43. The van der Waals surface area contributed by atoms with E-state index < -0.39 is 10.0 Å². The van der Waals surface area contributed by atoms with Crippen molar-refractivity contribution in [2.75, 3.05) is 10.6 Å². The Kier molecular flexibility index (Phi) is 3.51. The first-order valence-electron chi connectivity index (χ1n) is 6.07. The first kappa shape index (κ1) is 13.8. The summed E-state index contributed by atoms with van der Waals surface area (Å²) in [5.74, 6) is 0.0273. The lowest BCUT2D eigenvalue weighted by Gasteiger charge is -2.30. The fourth-order valence-corrected chi connectivity index (χ4v) is 2.55. The van der Waals surface area contributed by atoms with Crippen LogP contribution in [0.25, 0.3) is 0 Å². The zero-order valence-corrected chi connectivity index (χ0v) is 11.6. The predicted molar refractivity (Wildman–Crippen MR) is 73.3 cm³/mol. The zero-order valence-electron chi connectivity index (χ0n) is 10.8. The molecular formula is C12H17N3O3S. The summed E-state index contributed by atoms with van der Waals surface area (Å²) in [6.45, 7) is 4.00. The summed E-state index contributed by atoms with van der Waals surface area (Å²) in [5, 5.41) is 10.9. The number of benzene rings is 1. The molecule has 1 aliphatic rings. The first-order chi connectivity index (χ1) is 8.82. The topological polar surface area (TPSA) is 101 Å². The van der Waals surface area contributed by atoms with Crippen LogP contribution in [0.5, 0.6) is 0 Å². The van der Waals surface area contributed by atoms with Gasteiger partial charge in [-0.25, -0.2) is 13.6 Å². The molecule has 1 heterocycles. The Bertz CT molecular complexity index is 613. The third kappa shape index (κ3) is 2.71. The molecular weight excluding hydrogens is 266 g/mol. The van der Waals surface area contributed by atoms with Gasteiger partial charge in [-0.15, -0.1) is 0 Å². The van der Waals surface area contributed by atoms with Crippen LogP contribution in [0.4, 0.5) is 11.4 Å². The fourth-order valence-electron chi connectivity index (χ4n) is 2.01. The first-order valence-corrected chi connectivity index (χ1v) is 7.62. The van der Waals surface area contributed by atoms with E-state index in [0.29, 0.717) is 11.4 Å². The molecule has 2 atom stereocenters. The van der Waals surface area contributed by atoms with Crippen LogP contribution >= 0.6 is 0 Å². The molecule has 0 saturated carbocycles. The van der Waals surface area contributed by atoms with Gasteiger partial charge in [0.05, 0.1) is 16.3 Å². The molecule has 1 amide bonds. The number of hydrogen-bond donors (Lipinski definition) is 3. The van der Waals surface area contributed by atoms with E-state index in [2.05, 4.69) is 10.6 Å². The third-order valence-corrected chi connectivity index (χ3v) is 4.29. The van der Waals surface area contributed by atoms with Gasteiger partial charge >= 0.3 is 0 Å². The zero-order chi connectivity index (χ0) is 14.2. The van der Waals surface area contributed by atoms with Crippen molar-refractivity contribution in [3.8, 4) is 0 Å². The maximum Gasteiger partial charge on any atom is 0.247 e. The highest BCUT2D eigenvalue weighted by Crippen LogP contribution is 2.31. The van der Waals surface area contributed by atoms with E-state index in [0.717, 1.165) is 6.42 Å². The van der Waals surface area contributed by atoms with Gasteiger partial charge in [-0.3, -0.25) is 4.79 Å².